The predicted molar refractivity (Wildman–Crippen MR) is 101 cm³/mol. The van der Waals surface area contributed by atoms with Crippen LogP contribution in [0.3, 0.4) is 0 Å². The van der Waals surface area contributed by atoms with E-state index in [1.807, 2.05) is 12.1 Å². The Morgan fingerprint density at radius 3 is 2.58 bits per heavy atom. The second-order valence-electron chi connectivity index (χ2n) is 5.95. The molecule has 6 heteroatoms. The average molecular weight is 409 g/mol. The van der Waals surface area contributed by atoms with E-state index in [1.54, 1.807) is 0 Å². The molecule has 1 atom stereocenters. The lowest BCUT2D eigenvalue weighted by atomic mass is 10.0. The number of thiophene rings is 1. The number of ether oxygens (including phenoxy) is 1. The molecule has 24 heavy (non-hydrogen) atoms. The molecule has 0 aliphatic carbocycles. The molecule has 1 N–H and O–H groups in total. The minimum Gasteiger partial charge on any atom is -0.379 e. The van der Waals surface area contributed by atoms with Crippen LogP contribution in [0.5, 0.6) is 0 Å². The Labute approximate surface area is 154 Å². The highest BCUT2D eigenvalue weighted by molar-refractivity contribution is 9.11. The summed E-state index contributed by atoms with van der Waals surface area (Å²) in [5, 5.41) is 3.20. The van der Waals surface area contributed by atoms with Crippen molar-refractivity contribution >= 4 is 33.2 Å². The third-order valence-electron chi connectivity index (χ3n) is 4.13. The van der Waals surface area contributed by atoms with Gasteiger partial charge in [-0.1, -0.05) is 29.8 Å². The van der Waals surface area contributed by atoms with E-state index in [4.69, 9.17) is 4.74 Å². The first-order chi connectivity index (χ1) is 11.6. The van der Waals surface area contributed by atoms with Crippen molar-refractivity contribution in [2.24, 2.45) is 0 Å². The summed E-state index contributed by atoms with van der Waals surface area (Å²) in [6, 6.07) is 12.1. The van der Waals surface area contributed by atoms with Crippen LogP contribution in [-0.4, -0.2) is 43.7 Å². The highest BCUT2D eigenvalue weighted by atomic mass is 79.9. The standard InChI is InChI=1S/C18H21BrN2O2S/c1-13-2-4-14(5-3-13)15(12-21-8-10-23-11-9-21)20-18(22)16-6-7-17(19)24-16/h2-7,15H,8-12H2,1H3,(H,20,22)/t15-/m1/s1. The van der Waals surface area contributed by atoms with Gasteiger partial charge in [-0.15, -0.1) is 11.3 Å². The van der Waals surface area contributed by atoms with Gasteiger partial charge in [0.2, 0.25) is 0 Å². The van der Waals surface area contributed by atoms with Crippen LogP contribution in [-0.2, 0) is 4.74 Å². The van der Waals surface area contributed by atoms with Gasteiger partial charge in [0.1, 0.15) is 0 Å². The molecule has 3 rings (SSSR count). The molecule has 1 saturated heterocycles. The van der Waals surface area contributed by atoms with E-state index >= 15 is 0 Å². The first kappa shape index (κ1) is 17.6. The first-order valence-electron chi connectivity index (χ1n) is 8.05. The number of hydrogen-bond acceptors (Lipinski definition) is 4. The number of rotatable bonds is 5. The third-order valence-corrected chi connectivity index (χ3v) is 5.75. The van der Waals surface area contributed by atoms with Gasteiger partial charge in [0.25, 0.3) is 5.91 Å². The highest BCUT2D eigenvalue weighted by Gasteiger charge is 2.21. The van der Waals surface area contributed by atoms with Crippen molar-refractivity contribution in [3.8, 4) is 0 Å². The molecule has 2 aromatic rings. The quantitative estimate of drug-likeness (QED) is 0.820. The fourth-order valence-electron chi connectivity index (χ4n) is 2.74. The number of carbonyl (C=O) groups is 1. The lowest BCUT2D eigenvalue weighted by Crippen LogP contribution is -2.43. The number of halogens is 1. The second kappa shape index (κ2) is 8.25. The predicted octanol–water partition coefficient (Wildman–Crippen LogP) is 3.62. The van der Waals surface area contributed by atoms with Crippen molar-refractivity contribution in [3.05, 3.63) is 56.2 Å². The largest absolute Gasteiger partial charge is 0.379 e. The Morgan fingerprint density at radius 2 is 1.96 bits per heavy atom. The summed E-state index contributed by atoms with van der Waals surface area (Å²) in [5.74, 6) is -0.0236. The van der Waals surface area contributed by atoms with Crippen molar-refractivity contribution in [1.82, 2.24) is 10.2 Å². The zero-order chi connectivity index (χ0) is 16.9. The van der Waals surface area contributed by atoms with E-state index in [0.717, 1.165) is 47.1 Å². The molecule has 2 heterocycles. The summed E-state index contributed by atoms with van der Waals surface area (Å²) in [7, 11) is 0. The van der Waals surface area contributed by atoms with Crippen LogP contribution >= 0.6 is 27.3 Å². The molecule has 0 saturated carbocycles. The molecule has 4 nitrogen and oxygen atoms in total. The van der Waals surface area contributed by atoms with Gasteiger partial charge >= 0.3 is 0 Å². The monoisotopic (exact) mass is 408 g/mol. The molecule has 128 valence electrons. The Bertz CT molecular complexity index is 681. The summed E-state index contributed by atoms with van der Waals surface area (Å²) in [6.07, 6.45) is 0. The number of nitrogens with one attached hydrogen (secondary N) is 1. The van der Waals surface area contributed by atoms with Crippen molar-refractivity contribution in [2.45, 2.75) is 13.0 Å². The van der Waals surface area contributed by atoms with Gasteiger partial charge < -0.3 is 10.1 Å². The van der Waals surface area contributed by atoms with Gasteiger partial charge in [-0.2, -0.15) is 0 Å². The zero-order valence-corrected chi connectivity index (χ0v) is 16.0. The number of benzene rings is 1. The van der Waals surface area contributed by atoms with E-state index < -0.39 is 0 Å². The zero-order valence-electron chi connectivity index (χ0n) is 13.6. The van der Waals surface area contributed by atoms with Crippen LogP contribution in [0.15, 0.2) is 40.2 Å². The van der Waals surface area contributed by atoms with Crippen LogP contribution < -0.4 is 5.32 Å². The van der Waals surface area contributed by atoms with Crippen molar-refractivity contribution in [1.29, 1.82) is 0 Å². The number of carbonyl (C=O) groups excluding carboxylic acids is 1. The minimum absolute atomic E-state index is 0.0236. The smallest absolute Gasteiger partial charge is 0.261 e. The van der Waals surface area contributed by atoms with Gasteiger partial charge in [0, 0.05) is 19.6 Å². The Hall–Kier alpha value is -1.21. The van der Waals surface area contributed by atoms with Crippen molar-refractivity contribution < 1.29 is 9.53 Å². The number of morpholine rings is 1. The third kappa shape index (κ3) is 4.66. The van der Waals surface area contributed by atoms with E-state index in [0.29, 0.717) is 0 Å². The molecule has 1 aromatic heterocycles. The molecule has 1 aliphatic heterocycles. The molecular formula is C18H21BrN2O2S. The van der Waals surface area contributed by atoms with Crippen LogP contribution in [0.2, 0.25) is 0 Å². The number of hydrogen-bond donors (Lipinski definition) is 1. The van der Waals surface area contributed by atoms with Gasteiger partial charge in [-0.3, -0.25) is 9.69 Å². The van der Waals surface area contributed by atoms with Gasteiger partial charge in [0.05, 0.1) is 27.9 Å². The Morgan fingerprint density at radius 1 is 1.25 bits per heavy atom. The van der Waals surface area contributed by atoms with Crippen molar-refractivity contribution in [3.63, 3.8) is 0 Å². The maximum Gasteiger partial charge on any atom is 0.261 e. The van der Waals surface area contributed by atoms with Crippen LogP contribution in [0.1, 0.15) is 26.8 Å². The molecule has 1 fully saturated rings. The fraction of sp³-hybridized carbons (Fsp3) is 0.389. The lowest BCUT2D eigenvalue weighted by Gasteiger charge is -2.31. The molecule has 1 aromatic carbocycles. The highest BCUT2D eigenvalue weighted by Crippen LogP contribution is 2.23. The van der Waals surface area contributed by atoms with E-state index in [1.165, 1.54) is 16.9 Å². The molecule has 0 spiro atoms. The van der Waals surface area contributed by atoms with Crippen LogP contribution in [0.25, 0.3) is 0 Å². The molecule has 0 bridgehead atoms. The summed E-state index contributed by atoms with van der Waals surface area (Å²) in [4.78, 5) is 15.7. The summed E-state index contributed by atoms with van der Waals surface area (Å²) in [6.45, 7) is 6.19. The Kier molecular flexibility index (Phi) is 6.05. The van der Waals surface area contributed by atoms with E-state index in [9.17, 15) is 4.79 Å². The maximum absolute atomic E-state index is 12.6. The Balaban J connectivity index is 1.75. The average Bonchev–Trinajstić information content (AvgIpc) is 3.02. The minimum atomic E-state index is -0.0305. The first-order valence-corrected chi connectivity index (χ1v) is 9.65. The molecule has 1 aliphatic rings. The number of aryl methyl sites for hydroxylation is 1. The van der Waals surface area contributed by atoms with Crippen LogP contribution in [0, 0.1) is 6.92 Å². The summed E-state index contributed by atoms with van der Waals surface area (Å²) >= 11 is 4.87. The fourth-order valence-corrected chi connectivity index (χ4v) is 4.03. The topological polar surface area (TPSA) is 41.6 Å². The lowest BCUT2D eigenvalue weighted by molar-refractivity contribution is 0.0332. The molecule has 0 radical (unpaired) electrons. The molecule has 0 unspecified atom stereocenters. The van der Waals surface area contributed by atoms with Crippen LogP contribution in [0.4, 0.5) is 0 Å². The van der Waals surface area contributed by atoms with Gasteiger partial charge in [-0.05, 0) is 40.5 Å². The maximum atomic E-state index is 12.6. The normalized spacial score (nSPS) is 16.8. The van der Waals surface area contributed by atoms with E-state index in [2.05, 4.69) is 57.3 Å². The second-order valence-corrected chi connectivity index (χ2v) is 8.42. The number of nitrogens with zero attached hydrogens (tertiary/aromatic N) is 1. The van der Waals surface area contributed by atoms with E-state index in [-0.39, 0.29) is 11.9 Å². The van der Waals surface area contributed by atoms with Crippen molar-refractivity contribution in [2.75, 3.05) is 32.8 Å². The molecular weight excluding hydrogens is 388 g/mol. The summed E-state index contributed by atoms with van der Waals surface area (Å²) in [5.41, 5.74) is 2.36. The molecule has 1 amide bonds. The SMILES string of the molecule is Cc1ccc([C@@H](CN2CCOCC2)NC(=O)c2ccc(Br)s2)cc1. The summed E-state index contributed by atoms with van der Waals surface area (Å²) < 4.78 is 6.39. The van der Waals surface area contributed by atoms with Gasteiger partial charge in [0.15, 0.2) is 0 Å². The number of amides is 1. The van der Waals surface area contributed by atoms with Gasteiger partial charge in [-0.25, -0.2) is 0 Å².